The summed E-state index contributed by atoms with van der Waals surface area (Å²) in [6.45, 7) is 0. The molecule has 1 aliphatic carbocycles. The van der Waals surface area contributed by atoms with Gasteiger partial charge in [-0.05, 0) is 30.0 Å². The van der Waals surface area contributed by atoms with E-state index in [9.17, 15) is 22.4 Å². The summed E-state index contributed by atoms with van der Waals surface area (Å²) >= 11 is 1.39. The number of rotatable bonds is 7. The summed E-state index contributed by atoms with van der Waals surface area (Å²) in [6.07, 6.45) is -0.279. The van der Waals surface area contributed by atoms with Crippen LogP contribution in [0.2, 0.25) is 0 Å². The summed E-state index contributed by atoms with van der Waals surface area (Å²) in [6, 6.07) is 5.38. The van der Waals surface area contributed by atoms with Crippen LogP contribution in [0.4, 0.5) is 34.5 Å². The van der Waals surface area contributed by atoms with Gasteiger partial charge in [0.05, 0.1) is 6.42 Å². The molecule has 1 saturated carbocycles. The van der Waals surface area contributed by atoms with Crippen molar-refractivity contribution < 1.29 is 26.9 Å². The minimum absolute atomic E-state index is 0.0905. The number of nitrogens with zero attached hydrogens (tertiary/aromatic N) is 4. The number of halogens is 4. The van der Waals surface area contributed by atoms with E-state index in [-0.39, 0.29) is 36.4 Å². The van der Waals surface area contributed by atoms with E-state index >= 15 is 0 Å². The Bertz CT molecular complexity index is 1350. The summed E-state index contributed by atoms with van der Waals surface area (Å²) < 4.78 is 59.1. The van der Waals surface area contributed by atoms with Gasteiger partial charge < -0.3 is 15.2 Å². The number of anilines is 3. The largest absolute Gasteiger partial charge is 0.401 e. The van der Waals surface area contributed by atoms with E-state index in [1.807, 2.05) is 0 Å². The van der Waals surface area contributed by atoms with Crippen molar-refractivity contribution in [2.24, 2.45) is 0 Å². The van der Waals surface area contributed by atoms with Crippen molar-refractivity contribution in [2.45, 2.75) is 30.9 Å². The Morgan fingerprint density at radius 3 is 2.51 bits per heavy atom. The molecule has 1 amide bonds. The van der Waals surface area contributed by atoms with Crippen LogP contribution in [0.3, 0.4) is 0 Å². The lowest BCUT2D eigenvalue weighted by atomic mass is 10.0. The minimum atomic E-state index is -4.46. The highest BCUT2D eigenvalue weighted by molar-refractivity contribution is 7.13. The SMILES string of the molecule is O=C(Cc1ccc(-c2cnc(Nc3nccs3)nc2)cc1F)Nc1cc(C2(C(F)(F)F)CC2)on1. The van der Waals surface area contributed by atoms with E-state index in [0.29, 0.717) is 22.2 Å². The van der Waals surface area contributed by atoms with Crippen LogP contribution in [-0.4, -0.2) is 32.2 Å². The number of hydrogen-bond donors (Lipinski definition) is 2. The van der Waals surface area contributed by atoms with Gasteiger partial charge >= 0.3 is 6.18 Å². The molecule has 1 fully saturated rings. The van der Waals surface area contributed by atoms with Crippen LogP contribution in [0.5, 0.6) is 0 Å². The zero-order valence-corrected chi connectivity index (χ0v) is 18.6. The molecule has 180 valence electrons. The smallest absolute Gasteiger partial charge is 0.358 e. The summed E-state index contributed by atoms with van der Waals surface area (Å²) in [4.78, 5) is 24.8. The van der Waals surface area contributed by atoms with Crippen LogP contribution in [0.25, 0.3) is 11.1 Å². The van der Waals surface area contributed by atoms with Gasteiger partial charge in [-0.2, -0.15) is 13.2 Å². The second-order valence-corrected chi connectivity index (χ2v) is 8.84. The molecule has 0 unspecified atom stereocenters. The highest BCUT2D eigenvalue weighted by Gasteiger charge is 2.66. The summed E-state index contributed by atoms with van der Waals surface area (Å²) in [5.41, 5.74) is -0.857. The second-order valence-electron chi connectivity index (χ2n) is 7.95. The molecule has 35 heavy (non-hydrogen) atoms. The number of carbonyl (C=O) groups is 1. The number of hydrogen-bond acceptors (Lipinski definition) is 8. The summed E-state index contributed by atoms with van der Waals surface area (Å²) in [5.74, 6) is -1.42. The van der Waals surface area contributed by atoms with Gasteiger partial charge in [-0.1, -0.05) is 17.3 Å². The molecule has 0 saturated heterocycles. The van der Waals surface area contributed by atoms with Crippen LogP contribution in [-0.2, 0) is 16.6 Å². The predicted molar refractivity (Wildman–Crippen MR) is 119 cm³/mol. The maximum absolute atomic E-state index is 14.7. The first kappa shape index (κ1) is 22.9. The maximum Gasteiger partial charge on any atom is 0.401 e. The first-order valence-electron chi connectivity index (χ1n) is 10.3. The van der Waals surface area contributed by atoms with Crippen molar-refractivity contribution in [2.75, 3.05) is 10.6 Å². The molecular formula is C22H16F4N6O2S. The highest BCUT2D eigenvalue weighted by Crippen LogP contribution is 2.59. The monoisotopic (exact) mass is 504 g/mol. The Kier molecular flexibility index (Phi) is 5.71. The lowest BCUT2D eigenvalue weighted by molar-refractivity contribution is -0.165. The van der Waals surface area contributed by atoms with Gasteiger partial charge in [-0.15, -0.1) is 11.3 Å². The van der Waals surface area contributed by atoms with Crippen molar-refractivity contribution in [1.82, 2.24) is 20.1 Å². The fourth-order valence-electron chi connectivity index (χ4n) is 3.51. The molecule has 2 N–H and O–H groups in total. The topological polar surface area (TPSA) is 106 Å². The molecule has 0 atom stereocenters. The van der Waals surface area contributed by atoms with E-state index in [0.717, 1.165) is 6.07 Å². The van der Waals surface area contributed by atoms with Gasteiger partial charge in [0.2, 0.25) is 11.9 Å². The molecule has 5 rings (SSSR count). The number of amides is 1. The van der Waals surface area contributed by atoms with Crippen LogP contribution < -0.4 is 10.6 Å². The third-order valence-corrected chi connectivity index (χ3v) is 6.27. The minimum Gasteiger partial charge on any atom is -0.358 e. The van der Waals surface area contributed by atoms with Crippen molar-refractivity contribution >= 4 is 34.1 Å². The van der Waals surface area contributed by atoms with E-state index in [1.54, 1.807) is 17.6 Å². The van der Waals surface area contributed by atoms with Crippen LogP contribution in [0.15, 0.2) is 52.8 Å². The molecule has 1 aromatic carbocycles. The maximum atomic E-state index is 14.7. The third kappa shape index (κ3) is 4.71. The molecule has 3 aromatic heterocycles. The van der Waals surface area contributed by atoms with Gasteiger partial charge in [0.25, 0.3) is 0 Å². The quantitative estimate of drug-likeness (QED) is 0.331. The Hall–Kier alpha value is -3.87. The molecule has 0 radical (unpaired) electrons. The Labute approximate surface area is 199 Å². The molecule has 13 heteroatoms. The molecular weight excluding hydrogens is 488 g/mol. The molecule has 1 aliphatic rings. The molecule has 4 aromatic rings. The molecule has 0 bridgehead atoms. The summed E-state index contributed by atoms with van der Waals surface area (Å²) in [5, 5.41) is 11.2. The van der Waals surface area contributed by atoms with Gasteiger partial charge in [-0.3, -0.25) is 4.79 Å². The first-order valence-corrected chi connectivity index (χ1v) is 11.2. The van der Waals surface area contributed by atoms with E-state index in [4.69, 9.17) is 4.52 Å². The van der Waals surface area contributed by atoms with E-state index in [1.165, 1.54) is 35.9 Å². The van der Waals surface area contributed by atoms with Crippen molar-refractivity contribution in [3.8, 4) is 11.1 Å². The predicted octanol–water partition coefficient (Wildman–Crippen LogP) is 5.25. The normalized spacial score (nSPS) is 14.5. The number of carbonyl (C=O) groups excluding carboxylic acids is 1. The fourth-order valence-corrected chi connectivity index (χ4v) is 4.03. The van der Waals surface area contributed by atoms with Crippen molar-refractivity contribution in [3.63, 3.8) is 0 Å². The van der Waals surface area contributed by atoms with Crippen molar-refractivity contribution in [3.05, 3.63) is 65.4 Å². The number of alkyl halides is 3. The van der Waals surface area contributed by atoms with Gasteiger partial charge in [-0.25, -0.2) is 19.3 Å². The molecule has 0 spiro atoms. The molecule has 3 heterocycles. The summed E-state index contributed by atoms with van der Waals surface area (Å²) in [7, 11) is 0. The van der Waals surface area contributed by atoms with Gasteiger partial charge in [0, 0.05) is 35.6 Å². The number of nitrogens with one attached hydrogen (secondary N) is 2. The van der Waals surface area contributed by atoms with E-state index < -0.39 is 23.3 Å². The van der Waals surface area contributed by atoms with Crippen molar-refractivity contribution in [1.29, 1.82) is 0 Å². The number of thiazole rings is 1. The Morgan fingerprint density at radius 1 is 1.11 bits per heavy atom. The third-order valence-electron chi connectivity index (χ3n) is 5.58. The standard InChI is InChI=1S/C22H16F4N6O2S/c23-15-7-12(14-10-28-19(29-11-14)31-20-27-5-6-35-20)1-2-13(15)8-18(33)30-17-9-16(34-32-17)21(3-4-21)22(24,25)26/h1-2,5-7,9-11H,3-4,8H2,(H,30,32,33)(H,27,28,29,31). The van der Waals surface area contributed by atoms with E-state index in [2.05, 4.69) is 30.7 Å². The van der Waals surface area contributed by atoms with Gasteiger partial charge in [0.15, 0.2) is 16.7 Å². The zero-order valence-electron chi connectivity index (χ0n) is 17.8. The average Bonchev–Trinajstić information content (AvgIpc) is 3.25. The lowest BCUT2D eigenvalue weighted by Crippen LogP contribution is -2.28. The first-order chi connectivity index (χ1) is 16.7. The van der Waals surface area contributed by atoms with Crippen LogP contribution in [0.1, 0.15) is 24.2 Å². The highest BCUT2D eigenvalue weighted by atomic mass is 32.1. The fraction of sp³-hybridized carbons (Fsp3) is 0.227. The number of aromatic nitrogens is 4. The number of benzene rings is 1. The lowest BCUT2D eigenvalue weighted by Gasteiger charge is -2.14. The van der Waals surface area contributed by atoms with Gasteiger partial charge in [0.1, 0.15) is 11.2 Å². The molecule has 0 aliphatic heterocycles. The Balaban J connectivity index is 1.22. The Morgan fingerprint density at radius 2 is 1.89 bits per heavy atom. The average molecular weight is 504 g/mol. The van der Waals surface area contributed by atoms with Crippen LogP contribution in [0, 0.1) is 5.82 Å². The van der Waals surface area contributed by atoms with Crippen LogP contribution >= 0.6 is 11.3 Å². The second kappa shape index (κ2) is 8.73. The zero-order chi connectivity index (χ0) is 24.6. The molecule has 8 nitrogen and oxygen atoms in total.